The molecule has 122 valence electrons. The lowest BCUT2D eigenvalue weighted by Gasteiger charge is -2.40. The standard InChI is InChI=1S/C17H19N7/c1-11-3-4-16(23-22-11)24-9-13(10-24)7-19-17-14-5-6-18-8-15(14)20-12(2)21-17/h3-6,8,13H,7,9-10H2,1-2H3,(H,19,20,21). The summed E-state index contributed by atoms with van der Waals surface area (Å²) in [6, 6.07) is 5.98. The van der Waals surface area contributed by atoms with Gasteiger partial charge < -0.3 is 10.2 Å². The van der Waals surface area contributed by atoms with Gasteiger partial charge in [0.05, 0.1) is 17.4 Å². The topological polar surface area (TPSA) is 79.7 Å². The predicted molar refractivity (Wildman–Crippen MR) is 93.0 cm³/mol. The first-order chi connectivity index (χ1) is 11.7. The molecule has 1 fully saturated rings. The Hall–Kier alpha value is -2.83. The van der Waals surface area contributed by atoms with Crippen molar-refractivity contribution >= 4 is 22.5 Å². The zero-order valence-electron chi connectivity index (χ0n) is 13.8. The normalized spacial score (nSPS) is 14.7. The second-order valence-corrected chi connectivity index (χ2v) is 6.20. The molecule has 7 nitrogen and oxygen atoms in total. The summed E-state index contributed by atoms with van der Waals surface area (Å²) in [4.78, 5) is 15.3. The average molecular weight is 321 g/mol. The number of fused-ring (bicyclic) bond motifs is 1. The van der Waals surface area contributed by atoms with Gasteiger partial charge in [0.1, 0.15) is 11.6 Å². The Labute approximate surface area is 140 Å². The molecule has 0 saturated carbocycles. The molecule has 7 heteroatoms. The fourth-order valence-electron chi connectivity index (χ4n) is 2.92. The number of pyridine rings is 1. The molecule has 0 radical (unpaired) electrons. The van der Waals surface area contributed by atoms with Gasteiger partial charge in [-0.1, -0.05) is 0 Å². The van der Waals surface area contributed by atoms with Gasteiger partial charge in [0.15, 0.2) is 5.82 Å². The highest BCUT2D eigenvalue weighted by Crippen LogP contribution is 2.24. The maximum atomic E-state index is 4.53. The first-order valence-corrected chi connectivity index (χ1v) is 8.06. The van der Waals surface area contributed by atoms with Crippen molar-refractivity contribution in [3.63, 3.8) is 0 Å². The first kappa shape index (κ1) is 14.7. The van der Waals surface area contributed by atoms with Crippen LogP contribution in [0.25, 0.3) is 10.9 Å². The zero-order valence-corrected chi connectivity index (χ0v) is 13.8. The van der Waals surface area contributed by atoms with Crippen LogP contribution in [-0.4, -0.2) is 44.8 Å². The number of hydrogen-bond acceptors (Lipinski definition) is 7. The molecule has 0 aromatic carbocycles. The van der Waals surface area contributed by atoms with Crippen LogP contribution >= 0.6 is 0 Å². The molecule has 24 heavy (non-hydrogen) atoms. The molecule has 4 heterocycles. The maximum Gasteiger partial charge on any atom is 0.151 e. The molecular weight excluding hydrogens is 302 g/mol. The van der Waals surface area contributed by atoms with Gasteiger partial charge in [-0.15, -0.1) is 5.10 Å². The Morgan fingerprint density at radius 3 is 2.79 bits per heavy atom. The second kappa shape index (κ2) is 5.99. The minimum absolute atomic E-state index is 0.570. The smallest absolute Gasteiger partial charge is 0.151 e. The molecule has 0 atom stereocenters. The van der Waals surface area contributed by atoms with Crippen molar-refractivity contribution < 1.29 is 0 Å². The number of aryl methyl sites for hydroxylation is 2. The fourth-order valence-corrected chi connectivity index (χ4v) is 2.92. The van der Waals surface area contributed by atoms with E-state index in [2.05, 4.69) is 35.4 Å². The summed E-state index contributed by atoms with van der Waals surface area (Å²) in [5.74, 6) is 3.16. The highest BCUT2D eigenvalue weighted by atomic mass is 15.3. The lowest BCUT2D eigenvalue weighted by Crippen LogP contribution is -2.50. The molecule has 4 rings (SSSR count). The number of rotatable bonds is 4. The Kier molecular flexibility index (Phi) is 3.68. The molecule has 1 N–H and O–H groups in total. The SMILES string of the molecule is Cc1ccc(N2CC(CNc3nc(C)nc4cnccc34)C2)nn1. The van der Waals surface area contributed by atoms with Gasteiger partial charge in [-0.25, -0.2) is 9.97 Å². The van der Waals surface area contributed by atoms with Gasteiger partial charge in [0, 0.05) is 37.1 Å². The number of anilines is 2. The molecule has 0 unspecified atom stereocenters. The summed E-state index contributed by atoms with van der Waals surface area (Å²) in [5.41, 5.74) is 1.82. The molecule has 3 aromatic rings. The Morgan fingerprint density at radius 2 is 2.00 bits per heavy atom. The van der Waals surface area contributed by atoms with Crippen molar-refractivity contribution in [3.05, 3.63) is 42.1 Å². The number of nitrogens with zero attached hydrogens (tertiary/aromatic N) is 6. The van der Waals surface area contributed by atoms with Gasteiger partial charge >= 0.3 is 0 Å². The lowest BCUT2D eigenvalue weighted by atomic mass is 10.0. The van der Waals surface area contributed by atoms with E-state index in [4.69, 9.17) is 0 Å². The largest absolute Gasteiger partial charge is 0.369 e. The Bertz CT molecular complexity index is 856. The van der Waals surface area contributed by atoms with Crippen LogP contribution in [0.4, 0.5) is 11.6 Å². The summed E-state index contributed by atoms with van der Waals surface area (Å²) in [7, 11) is 0. The van der Waals surface area contributed by atoms with Crippen molar-refractivity contribution in [3.8, 4) is 0 Å². The van der Waals surface area contributed by atoms with E-state index in [1.165, 1.54) is 0 Å². The van der Waals surface area contributed by atoms with Crippen molar-refractivity contribution in [2.75, 3.05) is 29.9 Å². The average Bonchev–Trinajstić information content (AvgIpc) is 2.54. The van der Waals surface area contributed by atoms with Crippen LogP contribution < -0.4 is 10.2 Å². The van der Waals surface area contributed by atoms with Gasteiger partial charge in [-0.2, -0.15) is 5.10 Å². The number of aromatic nitrogens is 5. The third-order valence-corrected chi connectivity index (χ3v) is 4.23. The van der Waals surface area contributed by atoms with Crippen molar-refractivity contribution in [2.24, 2.45) is 5.92 Å². The van der Waals surface area contributed by atoms with Crippen LogP contribution in [0.5, 0.6) is 0 Å². The summed E-state index contributed by atoms with van der Waals surface area (Å²) in [5, 5.41) is 12.8. The molecular formula is C17H19N7. The third kappa shape index (κ3) is 2.84. The predicted octanol–water partition coefficient (Wildman–Crippen LogP) is 1.98. The monoisotopic (exact) mass is 321 g/mol. The van der Waals surface area contributed by atoms with E-state index < -0.39 is 0 Å². The molecule has 1 aliphatic rings. The van der Waals surface area contributed by atoms with E-state index in [9.17, 15) is 0 Å². The minimum Gasteiger partial charge on any atom is -0.369 e. The van der Waals surface area contributed by atoms with E-state index >= 15 is 0 Å². The number of nitrogens with one attached hydrogen (secondary N) is 1. The minimum atomic E-state index is 0.570. The summed E-state index contributed by atoms with van der Waals surface area (Å²) < 4.78 is 0. The third-order valence-electron chi connectivity index (χ3n) is 4.23. The molecule has 0 bridgehead atoms. The van der Waals surface area contributed by atoms with Gasteiger partial charge in [-0.3, -0.25) is 4.98 Å². The molecule has 1 saturated heterocycles. The van der Waals surface area contributed by atoms with Crippen molar-refractivity contribution in [1.29, 1.82) is 0 Å². The van der Waals surface area contributed by atoms with E-state index in [0.29, 0.717) is 5.92 Å². The van der Waals surface area contributed by atoms with Crippen LogP contribution in [-0.2, 0) is 0 Å². The van der Waals surface area contributed by atoms with Crippen molar-refractivity contribution in [1.82, 2.24) is 25.1 Å². The zero-order chi connectivity index (χ0) is 16.5. The highest BCUT2D eigenvalue weighted by Gasteiger charge is 2.27. The first-order valence-electron chi connectivity index (χ1n) is 8.06. The molecule has 1 aliphatic heterocycles. The Balaban J connectivity index is 1.40. The van der Waals surface area contributed by atoms with Crippen LogP contribution in [0, 0.1) is 19.8 Å². The second-order valence-electron chi connectivity index (χ2n) is 6.20. The molecule has 0 aliphatic carbocycles. The maximum absolute atomic E-state index is 4.53. The van der Waals surface area contributed by atoms with Gasteiger partial charge in [-0.05, 0) is 32.0 Å². The van der Waals surface area contributed by atoms with E-state index in [0.717, 1.165) is 53.7 Å². The van der Waals surface area contributed by atoms with E-state index in [1.54, 1.807) is 12.4 Å². The van der Waals surface area contributed by atoms with Gasteiger partial charge in [0.25, 0.3) is 0 Å². The quantitative estimate of drug-likeness (QED) is 0.787. The highest BCUT2D eigenvalue weighted by molar-refractivity contribution is 5.88. The van der Waals surface area contributed by atoms with Gasteiger partial charge in [0.2, 0.25) is 0 Å². The van der Waals surface area contributed by atoms with Crippen LogP contribution in [0.1, 0.15) is 11.5 Å². The van der Waals surface area contributed by atoms with Crippen LogP contribution in [0.15, 0.2) is 30.6 Å². The summed E-state index contributed by atoms with van der Waals surface area (Å²) in [6.45, 7) is 6.69. The van der Waals surface area contributed by atoms with E-state index in [-0.39, 0.29) is 0 Å². The van der Waals surface area contributed by atoms with Crippen LogP contribution in [0.2, 0.25) is 0 Å². The fraction of sp³-hybridized carbons (Fsp3) is 0.353. The van der Waals surface area contributed by atoms with Crippen molar-refractivity contribution in [2.45, 2.75) is 13.8 Å². The summed E-state index contributed by atoms with van der Waals surface area (Å²) >= 11 is 0. The molecule has 0 amide bonds. The van der Waals surface area contributed by atoms with Crippen LogP contribution in [0.3, 0.4) is 0 Å². The Morgan fingerprint density at radius 1 is 1.12 bits per heavy atom. The molecule has 0 spiro atoms. The molecule has 3 aromatic heterocycles. The van der Waals surface area contributed by atoms with E-state index in [1.807, 2.05) is 32.0 Å². The lowest BCUT2D eigenvalue weighted by molar-refractivity contribution is 0.425. The number of hydrogen-bond donors (Lipinski definition) is 1. The summed E-state index contributed by atoms with van der Waals surface area (Å²) in [6.07, 6.45) is 3.55.